The predicted molar refractivity (Wildman–Crippen MR) is 126 cm³/mol. The first-order valence-electron chi connectivity index (χ1n) is 10.5. The number of ether oxygens (including phenoxy) is 2. The van der Waals surface area contributed by atoms with Crippen LogP contribution in [0.3, 0.4) is 0 Å². The number of nitrogens with zero attached hydrogens (tertiary/aromatic N) is 2. The van der Waals surface area contributed by atoms with Gasteiger partial charge in [0.1, 0.15) is 10.8 Å². The Morgan fingerprint density at radius 1 is 1.09 bits per heavy atom. The number of hydrogen-bond acceptors (Lipinski definition) is 9. The van der Waals surface area contributed by atoms with Crippen LogP contribution < -0.4 is 5.32 Å². The molecule has 3 aromatic rings. The number of amides is 1. The van der Waals surface area contributed by atoms with Gasteiger partial charge in [-0.2, -0.15) is 0 Å². The molecule has 0 saturated carbocycles. The molecule has 0 fully saturated rings. The Hall–Kier alpha value is -3.66. The van der Waals surface area contributed by atoms with Gasteiger partial charge in [0.15, 0.2) is 6.61 Å². The molecule has 0 bridgehead atoms. The van der Waals surface area contributed by atoms with Crippen LogP contribution >= 0.6 is 11.8 Å². The van der Waals surface area contributed by atoms with Crippen LogP contribution in [-0.4, -0.2) is 40.7 Å². The minimum atomic E-state index is -0.656. The van der Waals surface area contributed by atoms with Gasteiger partial charge in [-0.15, -0.1) is 11.8 Å². The molecule has 9 nitrogen and oxygen atoms in total. The molecule has 0 atom stereocenters. The van der Waals surface area contributed by atoms with Crippen molar-refractivity contribution in [1.29, 1.82) is 0 Å². The average molecular weight is 484 g/mol. The van der Waals surface area contributed by atoms with E-state index in [0.29, 0.717) is 27.8 Å². The van der Waals surface area contributed by atoms with Crippen molar-refractivity contribution in [3.05, 3.63) is 70.7 Å². The van der Waals surface area contributed by atoms with Crippen LogP contribution in [-0.2, 0) is 20.0 Å². The van der Waals surface area contributed by atoms with E-state index in [1.807, 2.05) is 13.8 Å². The number of benzene rings is 1. The predicted octanol–water partition coefficient (Wildman–Crippen LogP) is 4.34. The SMILES string of the molecule is Cc1noc(C)c1CSc1ncccc1C(=O)OCC(=O)Nc1ccc(C(=O)OC(C)C)cc1. The molecule has 0 aliphatic carbocycles. The summed E-state index contributed by atoms with van der Waals surface area (Å²) in [5.41, 5.74) is 2.82. The van der Waals surface area contributed by atoms with Crippen molar-refractivity contribution in [1.82, 2.24) is 10.1 Å². The number of aryl methyl sites for hydroxylation is 2. The summed E-state index contributed by atoms with van der Waals surface area (Å²) in [5, 5.41) is 7.03. The van der Waals surface area contributed by atoms with Crippen molar-refractivity contribution in [2.45, 2.75) is 44.6 Å². The fourth-order valence-electron chi connectivity index (χ4n) is 2.89. The highest BCUT2D eigenvalue weighted by Gasteiger charge is 2.18. The standard InChI is InChI=1S/C24H25N3O6S/c1-14(2)32-23(29)17-7-9-18(10-8-17)26-21(28)12-31-24(30)19-6-5-11-25-22(19)34-13-20-15(3)27-33-16(20)4/h5-11,14H,12-13H2,1-4H3,(H,26,28). The molecule has 1 N–H and O–H groups in total. The van der Waals surface area contributed by atoms with E-state index in [4.69, 9.17) is 14.0 Å². The number of anilines is 1. The van der Waals surface area contributed by atoms with Gasteiger partial charge in [-0.05, 0) is 64.1 Å². The molecule has 0 radical (unpaired) electrons. The number of esters is 2. The van der Waals surface area contributed by atoms with E-state index in [1.165, 1.54) is 11.8 Å². The average Bonchev–Trinajstić information content (AvgIpc) is 3.13. The lowest BCUT2D eigenvalue weighted by Crippen LogP contribution is -2.21. The first kappa shape index (κ1) is 25.0. The van der Waals surface area contributed by atoms with Gasteiger partial charge in [0.2, 0.25) is 0 Å². The van der Waals surface area contributed by atoms with Gasteiger partial charge in [-0.1, -0.05) is 5.16 Å². The van der Waals surface area contributed by atoms with Crippen LogP contribution in [0.25, 0.3) is 0 Å². The highest BCUT2D eigenvalue weighted by Crippen LogP contribution is 2.27. The van der Waals surface area contributed by atoms with Crippen molar-refractivity contribution in [2.24, 2.45) is 0 Å². The summed E-state index contributed by atoms with van der Waals surface area (Å²) in [6.07, 6.45) is 1.36. The Balaban J connectivity index is 1.54. The minimum Gasteiger partial charge on any atom is -0.459 e. The molecule has 2 aromatic heterocycles. The van der Waals surface area contributed by atoms with E-state index in [0.717, 1.165) is 11.3 Å². The van der Waals surface area contributed by atoms with E-state index in [-0.39, 0.29) is 11.7 Å². The Kier molecular flexibility index (Phi) is 8.42. The largest absolute Gasteiger partial charge is 0.459 e. The van der Waals surface area contributed by atoms with Crippen molar-refractivity contribution in [2.75, 3.05) is 11.9 Å². The Bertz CT molecular complexity index is 1150. The number of hydrogen-bond donors (Lipinski definition) is 1. The third-order valence-electron chi connectivity index (χ3n) is 4.61. The van der Waals surface area contributed by atoms with Crippen molar-refractivity contribution >= 4 is 35.3 Å². The van der Waals surface area contributed by atoms with Crippen LogP contribution in [0.2, 0.25) is 0 Å². The topological polar surface area (TPSA) is 121 Å². The van der Waals surface area contributed by atoms with E-state index in [2.05, 4.69) is 15.5 Å². The van der Waals surface area contributed by atoms with E-state index in [9.17, 15) is 14.4 Å². The maximum absolute atomic E-state index is 12.6. The Labute approximate surface area is 201 Å². The normalized spacial score (nSPS) is 10.7. The molecule has 0 aliphatic heterocycles. The third kappa shape index (κ3) is 6.67. The van der Waals surface area contributed by atoms with Crippen molar-refractivity contribution in [3.8, 4) is 0 Å². The number of carbonyl (C=O) groups excluding carboxylic acids is 3. The molecular formula is C24H25N3O6S. The molecule has 34 heavy (non-hydrogen) atoms. The first-order valence-corrected chi connectivity index (χ1v) is 11.5. The van der Waals surface area contributed by atoms with Crippen molar-refractivity contribution in [3.63, 3.8) is 0 Å². The highest BCUT2D eigenvalue weighted by atomic mass is 32.2. The number of rotatable bonds is 9. The molecule has 0 unspecified atom stereocenters. The highest BCUT2D eigenvalue weighted by molar-refractivity contribution is 7.98. The van der Waals surface area contributed by atoms with Crippen LogP contribution in [0.15, 0.2) is 52.1 Å². The summed E-state index contributed by atoms with van der Waals surface area (Å²) >= 11 is 1.36. The molecular weight excluding hydrogens is 458 g/mol. The van der Waals surface area contributed by atoms with Gasteiger partial charge < -0.3 is 19.3 Å². The van der Waals surface area contributed by atoms with Gasteiger partial charge in [-0.25, -0.2) is 14.6 Å². The smallest absolute Gasteiger partial charge is 0.341 e. The fourth-order valence-corrected chi connectivity index (χ4v) is 4.02. The third-order valence-corrected chi connectivity index (χ3v) is 5.64. The molecule has 10 heteroatoms. The molecule has 1 aromatic carbocycles. The summed E-state index contributed by atoms with van der Waals surface area (Å²) < 4.78 is 15.5. The summed E-state index contributed by atoms with van der Waals surface area (Å²) in [7, 11) is 0. The summed E-state index contributed by atoms with van der Waals surface area (Å²) in [4.78, 5) is 41.0. The Morgan fingerprint density at radius 2 is 1.82 bits per heavy atom. The molecule has 3 rings (SSSR count). The van der Waals surface area contributed by atoms with Crippen molar-refractivity contribution < 1.29 is 28.4 Å². The Morgan fingerprint density at radius 3 is 2.47 bits per heavy atom. The van der Waals surface area contributed by atoms with Gasteiger partial charge in [0.25, 0.3) is 5.91 Å². The van der Waals surface area contributed by atoms with Gasteiger partial charge in [0, 0.05) is 23.2 Å². The zero-order chi connectivity index (χ0) is 24.7. The van der Waals surface area contributed by atoms with Gasteiger partial charge in [0.05, 0.1) is 22.9 Å². The minimum absolute atomic E-state index is 0.226. The second kappa shape index (κ2) is 11.5. The zero-order valence-corrected chi connectivity index (χ0v) is 20.1. The number of carbonyl (C=O) groups is 3. The summed E-state index contributed by atoms with van der Waals surface area (Å²) in [6, 6.07) is 9.46. The molecule has 0 aliphatic rings. The first-order chi connectivity index (χ1) is 16.2. The second-order valence-electron chi connectivity index (χ2n) is 7.60. The zero-order valence-electron chi connectivity index (χ0n) is 19.3. The van der Waals surface area contributed by atoms with E-state index in [1.54, 1.807) is 56.4 Å². The number of aromatic nitrogens is 2. The maximum Gasteiger partial charge on any atom is 0.341 e. The molecule has 0 saturated heterocycles. The van der Waals surface area contributed by atoms with Gasteiger partial charge >= 0.3 is 11.9 Å². The number of pyridine rings is 1. The fraction of sp³-hybridized carbons (Fsp3) is 0.292. The molecule has 178 valence electrons. The molecule has 2 heterocycles. The monoisotopic (exact) mass is 483 g/mol. The number of nitrogens with one attached hydrogen (secondary N) is 1. The lowest BCUT2D eigenvalue weighted by Gasteiger charge is -2.10. The lowest BCUT2D eigenvalue weighted by atomic mass is 10.2. The quantitative estimate of drug-likeness (QED) is 0.350. The number of thioether (sulfide) groups is 1. The molecule has 1 amide bonds. The lowest BCUT2D eigenvalue weighted by molar-refractivity contribution is -0.119. The second-order valence-corrected chi connectivity index (χ2v) is 8.57. The van der Waals surface area contributed by atoms with Crippen LogP contribution in [0.4, 0.5) is 5.69 Å². The van der Waals surface area contributed by atoms with Crippen LogP contribution in [0.1, 0.15) is 51.6 Å². The van der Waals surface area contributed by atoms with E-state index >= 15 is 0 Å². The summed E-state index contributed by atoms with van der Waals surface area (Å²) in [6.45, 7) is 6.73. The van der Waals surface area contributed by atoms with Gasteiger partial charge in [-0.3, -0.25) is 4.79 Å². The van der Waals surface area contributed by atoms with E-state index < -0.39 is 24.5 Å². The molecule has 0 spiro atoms. The summed E-state index contributed by atoms with van der Waals surface area (Å²) in [5.74, 6) is -0.372. The van der Waals surface area contributed by atoms with Crippen LogP contribution in [0.5, 0.6) is 0 Å². The maximum atomic E-state index is 12.6. The van der Waals surface area contributed by atoms with Crippen LogP contribution in [0, 0.1) is 13.8 Å².